The Morgan fingerprint density at radius 1 is 1.40 bits per heavy atom. The summed E-state index contributed by atoms with van der Waals surface area (Å²) in [5.41, 5.74) is 8.34. The van der Waals surface area contributed by atoms with Crippen molar-refractivity contribution in [2.24, 2.45) is 5.73 Å². The molecule has 0 saturated heterocycles. The van der Waals surface area contributed by atoms with Crippen LogP contribution < -0.4 is 15.8 Å². The molecule has 0 fully saturated rings. The van der Waals surface area contributed by atoms with Crippen molar-refractivity contribution < 1.29 is 9.53 Å². The van der Waals surface area contributed by atoms with E-state index in [4.69, 9.17) is 10.5 Å². The number of ether oxygens (including phenoxy) is 1. The van der Waals surface area contributed by atoms with E-state index in [0.29, 0.717) is 19.6 Å². The van der Waals surface area contributed by atoms with Crippen molar-refractivity contribution in [3.05, 3.63) is 29.3 Å². The van der Waals surface area contributed by atoms with Gasteiger partial charge in [0.15, 0.2) is 0 Å². The van der Waals surface area contributed by atoms with Crippen LogP contribution in [0, 0.1) is 6.92 Å². The Morgan fingerprint density at radius 2 is 2.15 bits per heavy atom. The maximum absolute atomic E-state index is 11.4. The fourth-order valence-corrected chi connectivity index (χ4v) is 1.97. The molecule has 1 amide bonds. The third-order valence-electron chi connectivity index (χ3n) is 3.18. The molecule has 1 rings (SSSR count). The molecule has 4 nitrogen and oxygen atoms in total. The minimum absolute atomic E-state index is 0.0198. The topological polar surface area (TPSA) is 64.3 Å². The maximum atomic E-state index is 11.4. The van der Waals surface area contributed by atoms with Crippen LogP contribution in [0.4, 0.5) is 0 Å². The molecule has 0 radical (unpaired) electrons. The quantitative estimate of drug-likeness (QED) is 0.766. The zero-order valence-electron chi connectivity index (χ0n) is 12.7. The number of nitrogens with two attached hydrogens (primary N) is 1. The zero-order valence-corrected chi connectivity index (χ0v) is 12.7. The Kier molecular flexibility index (Phi) is 7.09. The van der Waals surface area contributed by atoms with Crippen molar-refractivity contribution in [1.82, 2.24) is 5.32 Å². The average molecular weight is 278 g/mol. The van der Waals surface area contributed by atoms with E-state index >= 15 is 0 Å². The highest BCUT2D eigenvalue weighted by Gasteiger charge is 2.09. The summed E-state index contributed by atoms with van der Waals surface area (Å²) >= 11 is 0. The molecule has 0 saturated carbocycles. The van der Waals surface area contributed by atoms with Gasteiger partial charge in [0, 0.05) is 12.6 Å². The molecule has 1 aromatic rings. The molecule has 0 bridgehead atoms. The molecule has 0 spiro atoms. The van der Waals surface area contributed by atoms with Crippen molar-refractivity contribution in [3.8, 4) is 5.75 Å². The Labute approximate surface area is 121 Å². The van der Waals surface area contributed by atoms with Crippen LogP contribution in [0.25, 0.3) is 0 Å². The number of aryl methyl sites for hydroxylation is 1. The van der Waals surface area contributed by atoms with Gasteiger partial charge in [-0.25, -0.2) is 0 Å². The van der Waals surface area contributed by atoms with Gasteiger partial charge in [0.1, 0.15) is 5.75 Å². The van der Waals surface area contributed by atoms with Gasteiger partial charge >= 0.3 is 0 Å². The molecular weight excluding hydrogens is 252 g/mol. The molecule has 4 heteroatoms. The third kappa shape index (κ3) is 5.61. The van der Waals surface area contributed by atoms with Crippen molar-refractivity contribution in [3.63, 3.8) is 0 Å². The highest BCUT2D eigenvalue weighted by Crippen LogP contribution is 2.22. The number of amides is 1. The molecule has 1 atom stereocenters. The second kappa shape index (κ2) is 8.59. The minimum Gasteiger partial charge on any atom is -0.493 e. The molecule has 0 heterocycles. The second-order valence-corrected chi connectivity index (χ2v) is 5.04. The summed E-state index contributed by atoms with van der Waals surface area (Å²) in [6, 6.07) is 6.23. The monoisotopic (exact) mass is 278 g/mol. The van der Waals surface area contributed by atoms with Gasteiger partial charge in [-0.1, -0.05) is 24.6 Å². The lowest BCUT2D eigenvalue weighted by molar-refractivity contribution is -0.121. The summed E-state index contributed by atoms with van der Waals surface area (Å²) < 4.78 is 5.74. The van der Waals surface area contributed by atoms with Crippen molar-refractivity contribution in [2.45, 2.75) is 46.1 Å². The van der Waals surface area contributed by atoms with Gasteiger partial charge in [-0.3, -0.25) is 4.79 Å². The predicted molar refractivity (Wildman–Crippen MR) is 81.9 cm³/mol. The molecule has 0 aliphatic carbocycles. The summed E-state index contributed by atoms with van der Waals surface area (Å²) in [5, 5.41) is 2.76. The Balaban J connectivity index is 2.62. The summed E-state index contributed by atoms with van der Waals surface area (Å²) in [6.07, 6.45) is 2.11. The molecule has 112 valence electrons. The fourth-order valence-electron chi connectivity index (χ4n) is 1.97. The Bertz CT molecular complexity index is 432. The lowest BCUT2D eigenvalue weighted by Gasteiger charge is -2.15. The van der Waals surface area contributed by atoms with Crippen LogP contribution in [0.2, 0.25) is 0 Å². The van der Waals surface area contributed by atoms with Crippen LogP contribution in [-0.4, -0.2) is 25.1 Å². The SMILES string of the molecule is CCNC(=O)CCOc1ccc(C)cc1CC(N)CC. The lowest BCUT2D eigenvalue weighted by atomic mass is 10.0. The third-order valence-corrected chi connectivity index (χ3v) is 3.18. The molecular formula is C16H26N2O2. The Morgan fingerprint density at radius 3 is 2.80 bits per heavy atom. The largest absolute Gasteiger partial charge is 0.493 e. The van der Waals surface area contributed by atoms with E-state index in [2.05, 4.69) is 25.2 Å². The highest BCUT2D eigenvalue weighted by molar-refractivity contribution is 5.75. The molecule has 0 aromatic heterocycles. The van der Waals surface area contributed by atoms with Gasteiger partial charge in [0.25, 0.3) is 0 Å². The first-order valence-electron chi connectivity index (χ1n) is 7.31. The Hall–Kier alpha value is -1.55. The first-order valence-corrected chi connectivity index (χ1v) is 7.31. The molecule has 20 heavy (non-hydrogen) atoms. The first kappa shape index (κ1) is 16.5. The van der Waals surface area contributed by atoms with E-state index in [1.165, 1.54) is 5.56 Å². The van der Waals surface area contributed by atoms with Crippen LogP contribution in [0.1, 0.15) is 37.8 Å². The molecule has 1 aromatic carbocycles. The zero-order chi connectivity index (χ0) is 15.0. The molecule has 1 unspecified atom stereocenters. The van der Waals surface area contributed by atoms with E-state index < -0.39 is 0 Å². The van der Waals surface area contributed by atoms with Gasteiger partial charge in [-0.05, 0) is 38.3 Å². The van der Waals surface area contributed by atoms with Crippen molar-refractivity contribution in [2.75, 3.05) is 13.2 Å². The summed E-state index contributed by atoms with van der Waals surface area (Å²) in [6.45, 7) is 7.09. The number of nitrogens with one attached hydrogen (secondary N) is 1. The number of carbonyl (C=O) groups is 1. The van der Waals surface area contributed by atoms with E-state index in [-0.39, 0.29) is 11.9 Å². The van der Waals surface area contributed by atoms with Crippen LogP contribution in [0.5, 0.6) is 5.75 Å². The van der Waals surface area contributed by atoms with E-state index in [1.54, 1.807) is 0 Å². The number of hydrogen-bond acceptors (Lipinski definition) is 3. The van der Waals surface area contributed by atoms with Gasteiger partial charge in [0.05, 0.1) is 13.0 Å². The summed E-state index contributed by atoms with van der Waals surface area (Å²) in [7, 11) is 0. The minimum atomic E-state index is 0.0198. The summed E-state index contributed by atoms with van der Waals surface area (Å²) in [4.78, 5) is 11.4. The first-order chi connectivity index (χ1) is 9.56. The molecule has 0 aliphatic rings. The number of rotatable bonds is 8. The molecule has 0 aliphatic heterocycles. The van der Waals surface area contributed by atoms with E-state index in [9.17, 15) is 4.79 Å². The number of hydrogen-bond donors (Lipinski definition) is 2. The number of benzene rings is 1. The van der Waals surface area contributed by atoms with Crippen LogP contribution in [-0.2, 0) is 11.2 Å². The van der Waals surface area contributed by atoms with Gasteiger partial charge in [0.2, 0.25) is 5.91 Å². The normalized spacial score (nSPS) is 12.0. The number of carbonyl (C=O) groups excluding carboxylic acids is 1. The van der Waals surface area contributed by atoms with Gasteiger partial charge in [-0.15, -0.1) is 0 Å². The van der Waals surface area contributed by atoms with Crippen molar-refractivity contribution >= 4 is 5.91 Å². The second-order valence-electron chi connectivity index (χ2n) is 5.04. The van der Waals surface area contributed by atoms with Crippen molar-refractivity contribution in [1.29, 1.82) is 0 Å². The highest BCUT2D eigenvalue weighted by atomic mass is 16.5. The smallest absolute Gasteiger partial charge is 0.223 e. The van der Waals surface area contributed by atoms with Gasteiger partial charge in [-0.2, -0.15) is 0 Å². The van der Waals surface area contributed by atoms with E-state index in [1.807, 2.05) is 19.1 Å². The van der Waals surface area contributed by atoms with Crippen LogP contribution in [0.3, 0.4) is 0 Å². The van der Waals surface area contributed by atoms with E-state index in [0.717, 1.165) is 24.2 Å². The molecule has 3 N–H and O–H groups in total. The predicted octanol–water partition coefficient (Wildman–Crippen LogP) is 2.18. The van der Waals surface area contributed by atoms with Crippen LogP contribution in [0.15, 0.2) is 18.2 Å². The maximum Gasteiger partial charge on any atom is 0.223 e. The van der Waals surface area contributed by atoms with Gasteiger partial charge < -0.3 is 15.8 Å². The average Bonchev–Trinajstić information content (AvgIpc) is 2.41. The standard InChI is InChI=1S/C16H26N2O2/c1-4-14(17)11-13-10-12(3)6-7-15(13)20-9-8-16(19)18-5-2/h6-7,10,14H,4-5,8-9,11,17H2,1-3H3,(H,18,19). The lowest BCUT2D eigenvalue weighted by Crippen LogP contribution is -2.24. The fraction of sp³-hybridized carbons (Fsp3) is 0.562. The van der Waals surface area contributed by atoms with Crippen LogP contribution >= 0.6 is 0 Å². The summed E-state index contributed by atoms with van der Waals surface area (Å²) in [5.74, 6) is 0.857.